The van der Waals surface area contributed by atoms with Crippen LogP contribution < -0.4 is 21.3 Å². The van der Waals surface area contributed by atoms with Crippen molar-refractivity contribution in [3.05, 3.63) is 83.9 Å². The number of anilines is 2. The summed E-state index contributed by atoms with van der Waals surface area (Å²) in [4.78, 5) is 26.8. The number of hydrogen-bond acceptors (Lipinski definition) is 4. The summed E-state index contributed by atoms with van der Waals surface area (Å²) in [7, 11) is 0. The van der Waals surface area contributed by atoms with E-state index < -0.39 is 0 Å². The van der Waals surface area contributed by atoms with E-state index >= 15 is 0 Å². The molecule has 3 aromatic rings. The molecular weight excluding hydrogens is 464 g/mol. The van der Waals surface area contributed by atoms with Gasteiger partial charge in [0.2, 0.25) is 0 Å². The minimum atomic E-state index is -0.278. The third-order valence-electron chi connectivity index (χ3n) is 4.86. The fourth-order valence-corrected chi connectivity index (χ4v) is 4.90. The van der Waals surface area contributed by atoms with Gasteiger partial charge in [0.15, 0.2) is 0 Å². The lowest BCUT2D eigenvalue weighted by Crippen LogP contribution is -2.31. The minimum absolute atomic E-state index is 0.278. The summed E-state index contributed by atoms with van der Waals surface area (Å²) in [6.45, 7) is 5.25. The number of aryl methyl sites for hydroxylation is 2. The zero-order valence-electron chi connectivity index (χ0n) is 19.4. The highest BCUT2D eigenvalue weighted by Gasteiger charge is 2.06. The summed E-state index contributed by atoms with van der Waals surface area (Å²) in [6.07, 6.45) is 0. The Labute approximate surface area is 209 Å². The van der Waals surface area contributed by atoms with Crippen molar-refractivity contribution in [3.8, 4) is 0 Å². The van der Waals surface area contributed by atoms with Gasteiger partial charge in [-0.1, -0.05) is 42.5 Å². The van der Waals surface area contributed by atoms with Crippen LogP contribution in [0, 0.1) is 13.8 Å². The van der Waals surface area contributed by atoms with Gasteiger partial charge in [0, 0.05) is 45.8 Å². The first-order valence-electron chi connectivity index (χ1n) is 11.1. The smallest absolute Gasteiger partial charge is 0.319 e. The summed E-state index contributed by atoms with van der Waals surface area (Å²) in [5, 5.41) is 11.3. The minimum Gasteiger partial charge on any atom is -0.337 e. The summed E-state index contributed by atoms with van der Waals surface area (Å²) in [5.41, 5.74) is 3.68. The van der Waals surface area contributed by atoms with Crippen molar-refractivity contribution in [1.29, 1.82) is 0 Å². The first-order valence-corrected chi connectivity index (χ1v) is 13.0. The summed E-state index contributed by atoms with van der Waals surface area (Å²) < 4.78 is 0. The Kier molecular flexibility index (Phi) is 10.2. The second-order valence-corrected chi connectivity index (χ2v) is 9.84. The van der Waals surface area contributed by atoms with Gasteiger partial charge in [-0.05, 0) is 55.3 Å². The van der Waals surface area contributed by atoms with Crippen LogP contribution in [-0.4, -0.2) is 36.7 Å². The van der Waals surface area contributed by atoms with Crippen LogP contribution in [0.3, 0.4) is 0 Å². The lowest BCUT2D eigenvalue weighted by molar-refractivity contribution is 0.252. The van der Waals surface area contributed by atoms with Gasteiger partial charge in [-0.3, -0.25) is 0 Å². The average Bonchev–Trinajstić information content (AvgIpc) is 2.82. The predicted molar refractivity (Wildman–Crippen MR) is 144 cm³/mol. The van der Waals surface area contributed by atoms with Crippen molar-refractivity contribution in [2.45, 2.75) is 23.6 Å². The Morgan fingerprint density at radius 3 is 1.53 bits per heavy atom. The molecule has 0 spiro atoms. The van der Waals surface area contributed by atoms with E-state index in [1.54, 1.807) is 47.8 Å². The van der Waals surface area contributed by atoms with E-state index in [1.807, 2.05) is 24.3 Å². The van der Waals surface area contributed by atoms with Crippen LogP contribution in [0.1, 0.15) is 11.1 Å². The van der Waals surface area contributed by atoms with Crippen molar-refractivity contribution in [2.75, 3.05) is 35.2 Å². The van der Waals surface area contributed by atoms with Crippen LogP contribution >= 0.6 is 23.5 Å². The van der Waals surface area contributed by atoms with Crippen LogP contribution in [0.4, 0.5) is 21.0 Å². The quantitative estimate of drug-likeness (QED) is 0.202. The summed E-state index contributed by atoms with van der Waals surface area (Å²) in [5.74, 6) is 1.56. The van der Waals surface area contributed by atoms with Gasteiger partial charge in [0.05, 0.1) is 0 Å². The molecule has 0 aliphatic carbocycles. The van der Waals surface area contributed by atoms with E-state index in [0.717, 1.165) is 11.5 Å². The zero-order valence-corrected chi connectivity index (χ0v) is 21.0. The van der Waals surface area contributed by atoms with Gasteiger partial charge >= 0.3 is 12.1 Å². The number of urea groups is 2. The molecule has 0 aliphatic rings. The summed E-state index contributed by atoms with van der Waals surface area (Å²) in [6, 6.07) is 22.9. The van der Waals surface area contributed by atoms with Gasteiger partial charge in [-0.2, -0.15) is 0 Å². The van der Waals surface area contributed by atoms with E-state index in [0.29, 0.717) is 24.5 Å². The Morgan fingerprint density at radius 1 is 0.647 bits per heavy atom. The molecule has 0 unspecified atom stereocenters. The monoisotopic (exact) mass is 494 g/mol. The van der Waals surface area contributed by atoms with Crippen molar-refractivity contribution in [3.63, 3.8) is 0 Å². The molecule has 4 N–H and O–H groups in total. The lowest BCUT2D eigenvalue weighted by atomic mass is 10.2. The highest BCUT2D eigenvalue weighted by molar-refractivity contribution is 7.99. The highest BCUT2D eigenvalue weighted by atomic mass is 32.2. The second kappa shape index (κ2) is 13.6. The van der Waals surface area contributed by atoms with Crippen molar-refractivity contribution < 1.29 is 9.59 Å². The topological polar surface area (TPSA) is 82.3 Å². The Bertz CT molecular complexity index is 1020. The van der Waals surface area contributed by atoms with Gasteiger partial charge in [-0.15, -0.1) is 23.5 Å². The van der Waals surface area contributed by atoms with Crippen LogP contribution in [-0.2, 0) is 0 Å². The van der Waals surface area contributed by atoms with E-state index in [-0.39, 0.29) is 12.1 Å². The number of hydrogen-bond donors (Lipinski definition) is 4. The van der Waals surface area contributed by atoms with E-state index in [2.05, 4.69) is 59.4 Å². The summed E-state index contributed by atoms with van der Waals surface area (Å²) >= 11 is 3.43. The number of thioether (sulfide) groups is 2. The number of rotatable bonds is 10. The molecule has 0 saturated carbocycles. The fourth-order valence-electron chi connectivity index (χ4n) is 3.11. The highest BCUT2D eigenvalue weighted by Crippen LogP contribution is 2.22. The first-order chi connectivity index (χ1) is 16.5. The number of carbonyl (C=O) groups is 2. The molecule has 3 rings (SSSR count). The molecule has 0 heterocycles. The maximum Gasteiger partial charge on any atom is 0.319 e. The van der Waals surface area contributed by atoms with E-state index in [9.17, 15) is 9.59 Å². The fraction of sp³-hybridized carbons (Fsp3) is 0.231. The Morgan fingerprint density at radius 2 is 1.09 bits per heavy atom. The Balaban J connectivity index is 1.35. The van der Waals surface area contributed by atoms with Crippen molar-refractivity contribution in [2.24, 2.45) is 0 Å². The van der Waals surface area contributed by atoms with Gasteiger partial charge in [-0.25, -0.2) is 9.59 Å². The maximum atomic E-state index is 12.2. The molecule has 0 atom stereocenters. The molecular formula is C26H30N4O2S2. The van der Waals surface area contributed by atoms with Crippen LogP contribution in [0.15, 0.2) is 82.6 Å². The van der Waals surface area contributed by atoms with Crippen molar-refractivity contribution in [1.82, 2.24) is 10.6 Å². The predicted octanol–water partition coefficient (Wildman–Crippen LogP) is 6.13. The van der Waals surface area contributed by atoms with E-state index in [1.165, 1.54) is 20.9 Å². The molecule has 0 saturated heterocycles. The molecule has 3 aromatic carbocycles. The molecule has 8 heteroatoms. The first kappa shape index (κ1) is 25.5. The average molecular weight is 495 g/mol. The second-order valence-electron chi connectivity index (χ2n) is 7.57. The third-order valence-corrected chi connectivity index (χ3v) is 7.21. The molecule has 0 radical (unpaired) electrons. The standard InChI is InChI=1S/C26H30N4O2S2/c1-19-8-3-5-12-23(19)33-16-14-27-25(31)29-21-10-7-11-22(18-21)30-26(32)28-15-17-34-24-13-6-4-9-20(24)2/h3-13,18H,14-17H2,1-2H3,(H2,27,29,31)(H2,28,30,32). The van der Waals surface area contributed by atoms with Crippen LogP contribution in [0.2, 0.25) is 0 Å². The number of nitrogens with one attached hydrogen (secondary N) is 4. The van der Waals surface area contributed by atoms with Crippen LogP contribution in [0.25, 0.3) is 0 Å². The van der Waals surface area contributed by atoms with Crippen LogP contribution in [0.5, 0.6) is 0 Å². The Hall–Kier alpha value is -3.10. The SMILES string of the molecule is Cc1ccccc1SCCNC(=O)Nc1cccc(NC(=O)NCCSc2ccccc2C)c1. The van der Waals surface area contributed by atoms with Gasteiger partial charge in [0.1, 0.15) is 0 Å². The largest absolute Gasteiger partial charge is 0.337 e. The molecule has 178 valence electrons. The molecule has 4 amide bonds. The number of benzene rings is 3. The van der Waals surface area contributed by atoms with E-state index in [4.69, 9.17) is 0 Å². The van der Waals surface area contributed by atoms with Crippen molar-refractivity contribution >= 4 is 47.0 Å². The van der Waals surface area contributed by atoms with Gasteiger partial charge < -0.3 is 21.3 Å². The zero-order chi connectivity index (χ0) is 24.2. The maximum absolute atomic E-state index is 12.2. The molecule has 34 heavy (non-hydrogen) atoms. The number of carbonyl (C=O) groups excluding carboxylic acids is 2. The molecule has 0 bridgehead atoms. The third kappa shape index (κ3) is 8.68. The van der Waals surface area contributed by atoms with Gasteiger partial charge in [0.25, 0.3) is 0 Å². The lowest BCUT2D eigenvalue weighted by Gasteiger charge is -2.11. The molecule has 0 aliphatic heterocycles. The molecule has 6 nitrogen and oxygen atoms in total. The normalized spacial score (nSPS) is 10.4. The molecule has 0 aromatic heterocycles. The molecule has 0 fully saturated rings. The number of amides is 4.